The largest absolute Gasteiger partial charge is 0.382 e. The first-order valence-electron chi connectivity index (χ1n) is 10.5. The van der Waals surface area contributed by atoms with Gasteiger partial charge in [0.15, 0.2) is 9.84 Å². The van der Waals surface area contributed by atoms with Gasteiger partial charge in [0.2, 0.25) is 10.0 Å². The number of piperidine rings is 1. The van der Waals surface area contributed by atoms with Gasteiger partial charge in [-0.15, -0.1) is 0 Å². The average Bonchev–Trinajstić information content (AvgIpc) is 3.11. The van der Waals surface area contributed by atoms with Gasteiger partial charge in [-0.25, -0.2) is 16.8 Å². The molecular weight excluding hydrogens is 476 g/mol. The topological polar surface area (TPSA) is 112 Å². The van der Waals surface area contributed by atoms with E-state index in [1.807, 2.05) is 0 Å². The second-order valence-electron chi connectivity index (χ2n) is 8.29. The molecule has 0 bridgehead atoms. The van der Waals surface area contributed by atoms with Gasteiger partial charge in [0.05, 0.1) is 16.4 Å². The minimum absolute atomic E-state index is 0.0251. The number of fused-ring (bicyclic) bond motifs is 1. The zero-order chi connectivity index (χ0) is 23.1. The van der Waals surface area contributed by atoms with E-state index in [-0.39, 0.29) is 29.8 Å². The van der Waals surface area contributed by atoms with Crippen molar-refractivity contribution in [3.63, 3.8) is 0 Å². The summed E-state index contributed by atoms with van der Waals surface area (Å²) < 4.78 is 51.3. The molecule has 2 fully saturated rings. The van der Waals surface area contributed by atoms with Crippen LogP contribution < -0.4 is 0 Å². The number of aliphatic hydroxyl groups is 1. The van der Waals surface area contributed by atoms with Gasteiger partial charge in [0.25, 0.3) is 5.91 Å². The minimum atomic E-state index is -3.90. The standard InChI is InChI=1S/C21H25ClN2O6S2/c22-17-4-2-16-13-19(5-3-15(16)12-17)31(27,28)14-20(25)21(26)23-9-6-18(7-10-23)24-8-1-11-32(24,29)30/h2-5,12-13,18,20,25H,1,6-11,14H2/t20-/m1/s1. The molecule has 0 unspecified atom stereocenters. The summed E-state index contributed by atoms with van der Waals surface area (Å²) in [6.07, 6.45) is -0.136. The maximum absolute atomic E-state index is 12.8. The van der Waals surface area contributed by atoms with E-state index in [4.69, 9.17) is 11.6 Å². The Balaban J connectivity index is 1.39. The number of carbonyl (C=O) groups excluding carboxylic acids is 1. The number of sulfonamides is 1. The smallest absolute Gasteiger partial charge is 0.252 e. The Hall–Kier alpha value is -1.72. The molecule has 1 N–H and O–H groups in total. The van der Waals surface area contributed by atoms with E-state index in [1.165, 1.54) is 21.3 Å². The van der Waals surface area contributed by atoms with Crippen molar-refractivity contribution in [2.45, 2.75) is 36.3 Å². The summed E-state index contributed by atoms with van der Waals surface area (Å²) in [7, 11) is -7.12. The molecule has 0 aromatic heterocycles. The summed E-state index contributed by atoms with van der Waals surface area (Å²) in [6, 6.07) is 9.52. The van der Waals surface area contributed by atoms with Crippen molar-refractivity contribution in [2.75, 3.05) is 31.1 Å². The molecule has 0 aliphatic carbocycles. The molecule has 1 amide bonds. The van der Waals surface area contributed by atoms with E-state index in [0.717, 1.165) is 5.39 Å². The molecule has 2 saturated heterocycles. The molecule has 2 aromatic carbocycles. The predicted octanol–water partition coefficient (Wildman–Crippen LogP) is 1.65. The van der Waals surface area contributed by atoms with Crippen LogP contribution >= 0.6 is 11.6 Å². The first kappa shape index (κ1) is 23.4. The van der Waals surface area contributed by atoms with E-state index in [2.05, 4.69) is 0 Å². The van der Waals surface area contributed by atoms with E-state index < -0.39 is 37.6 Å². The van der Waals surface area contributed by atoms with Crippen LogP contribution in [0.5, 0.6) is 0 Å². The van der Waals surface area contributed by atoms with Gasteiger partial charge < -0.3 is 10.0 Å². The number of rotatable bonds is 5. The van der Waals surface area contributed by atoms with Gasteiger partial charge in [-0.3, -0.25) is 4.79 Å². The van der Waals surface area contributed by atoms with Crippen LogP contribution in [0.25, 0.3) is 10.8 Å². The van der Waals surface area contributed by atoms with Crippen molar-refractivity contribution in [3.8, 4) is 0 Å². The zero-order valence-electron chi connectivity index (χ0n) is 17.4. The van der Waals surface area contributed by atoms with Crippen molar-refractivity contribution in [1.29, 1.82) is 0 Å². The SMILES string of the molecule is O=C([C@H](O)CS(=O)(=O)c1ccc2cc(Cl)ccc2c1)N1CCC(N2CCCS2(=O)=O)CC1. The number of benzene rings is 2. The predicted molar refractivity (Wildman–Crippen MR) is 122 cm³/mol. The number of carbonyl (C=O) groups is 1. The number of hydrogen-bond donors (Lipinski definition) is 1. The molecular formula is C21H25ClN2O6S2. The third-order valence-electron chi connectivity index (χ3n) is 6.12. The van der Waals surface area contributed by atoms with Crippen molar-refractivity contribution in [3.05, 3.63) is 41.4 Å². The molecule has 2 aromatic rings. The van der Waals surface area contributed by atoms with Crippen LogP contribution in [-0.4, -0.2) is 80.3 Å². The van der Waals surface area contributed by atoms with Crippen LogP contribution in [0.15, 0.2) is 41.3 Å². The lowest BCUT2D eigenvalue weighted by Crippen LogP contribution is -2.50. The molecule has 0 saturated carbocycles. The first-order valence-corrected chi connectivity index (χ1v) is 14.1. The number of halogens is 1. The molecule has 1 atom stereocenters. The average molecular weight is 501 g/mol. The highest BCUT2D eigenvalue weighted by Crippen LogP contribution is 2.26. The number of likely N-dealkylation sites (tertiary alicyclic amines) is 1. The number of sulfone groups is 1. The third kappa shape index (κ3) is 4.79. The van der Waals surface area contributed by atoms with Crippen LogP contribution in [0.4, 0.5) is 0 Å². The Morgan fingerprint density at radius 3 is 2.41 bits per heavy atom. The van der Waals surface area contributed by atoms with E-state index >= 15 is 0 Å². The maximum atomic E-state index is 12.8. The van der Waals surface area contributed by atoms with Crippen LogP contribution in [0.3, 0.4) is 0 Å². The molecule has 0 spiro atoms. The van der Waals surface area contributed by atoms with Crippen LogP contribution in [0.1, 0.15) is 19.3 Å². The molecule has 2 aliphatic heterocycles. The van der Waals surface area contributed by atoms with Crippen molar-refractivity contribution < 1.29 is 26.7 Å². The molecule has 0 radical (unpaired) electrons. The summed E-state index contributed by atoms with van der Waals surface area (Å²) in [5, 5.41) is 12.4. The Kier molecular flexibility index (Phi) is 6.52. The fourth-order valence-electron chi connectivity index (χ4n) is 4.42. The van der Waals surface area contributed by atoms with Crippen molar-refractivity contribution >= 4 is 48.1 Å². The number of nitrogens with zero attached hydrogens (tertiary/aromatic N) is 2. The fourth-order valence-corrected chi connectivity index (χ4v) is 7.73. The minimum Gasteiger partial charge on any atom is -0.382 e. The van der Waals surface area contributed by atoms with Gasteiger partial charge >= 0.3 is 0 Å². The Morgan fingerprint density at radius 2 is 1.75 bits per heavy atom. The summed E-state index contributed by atoms with van der Waals surface area (Å²) in [5.74, 6) is -1.21. The lowest BCUT2D eigenvalue weighted by atomic mass is 10.0. The Labute approximate surface area is 192 Å². The molecule has 11 heteroatoms. The normalized spacial score (nSPS) is 21.1. The summed E-state index contributed by atoms with van der Waals surface area (Å²) in [4.78, 5) is 14.1. The second kappa shape index (κ2) is 8.90. The highest BCUT2D eigenvalue weighted by atomic mass is 35.5. The van der Waals surface area contributed by atoms with Gasteiger partial charge in [0, 0.05) is 30.7 Å². The van der Waals surface area contributed by atoms with Gasteiger partial charge in [-0.1, -0.05) is 23.7 Å². The van der Waals surface area contributed by atoms with E-state index in [9.17, 15) is 26.7 Å². The van der Waals surface area contributed by atoms with Gasteiger partial charge in [-0.05, 0) is 54.3 Å². The highest BCUT2D eigenvalue weighted by Gasteiger charge is 2.38. The van der Waals surface area contributed by atoms with Crippen molar-refractivity contribution in [1.82, 2.24) is 9.21 Å². The monoisotopic (exact) mass is 500 g/mol. The Bertz CT molecular complexity index is 1240. The van der Waals surface area contributed by atoms with Gasteiger partial charge in [0.1, 0.15) is 6.10 Å². The quantitative estimate of drug-likeness (QED) is 0.668. The molecule has 2 aliphatic rings. The van der Waals surface area contributed by atoms with E-state index in [1.54, 1.807) is 24.3 Å². The van der Waals surface area contributed by atoms with Gasteiger partial charge in [-0.2, -0.15) is 4.31 Å². The molecule has 8 nitrogen and oxygen atoms in total. The molecule has 4 rings (SSSR count). The zero-order valence-corrected chi connectivity index (χ0v) is 19.7. The van der Waals surface area contributed by atoms with Crippen LogP contribution in [0, 0.1) is 0 Å². The number of hydrogen-bond acceptors (Lipinski definition) is 6. The fraction of sp³-hybridized carbons (Fsp3) is 0.476. The second-order valence-corrected chi connectivity index (χ2v) is 12.8. The third-order valence-corrected chi connectivity index (χ3v) is 10.1. The highest BCUT2D eigenvalue weighted by molar-refractivity contribution is 7.91. The van der Waals surface area contributed by atoms with Crippen LogP contribution in [0.2, 0.25) is 5.02 Å². The number of amides is 1. The summed E-state index contributed by atoms with van der Waals surface area (Å²) in [6.45, 7) is 1.06. The van der Waals surface area contributed by atoms with Crippen molar-refractivity contribution in [2.24, 2.45) is 0 Å². The van der Waals surface area contributed by atoms with Crippen LogP contribution in [-0.2, 0) is 24.7 Å². The summed E-state index contributed by atoms with van der Waals surface area (Å²) in [5.41, 5.74) is 0. The van der Waals surface area contributed by atoms with E-state index in [0.29, 0.717) is 36.2 Å². The lowest BCUT2D eigenvalue weighted by Gasteiger charge is -2.36. The molecule has 174 valence electrons. The molecule has 2 heterocycles. The first-order chi connectivity index (χ1) is 15.1. The lowest BCUT2D eigenvalue weighted by molar-refractivity contribution is -0.140. The summed E-state index contributed by atoms with van der Waals surface area (Å²) >= 11 is 5.96. The molecule has 32 heavy (non-hydrogen) atoms. The maximum Gasteiger partial charge on any atom is 0.252 e. The number of aliphatic hydroxyl groups excluding tert-OH is 1. The Morgan fingerprint density at radius 1 is 1.09 bits per heavy atom.